The van der Waals surface area contributed by atoms with Crippen LogP contribution in [0.2, 0.25) is 0 Å². The van der Waals surface area contributed by atoms with Gasteiger partial charge in [-0.3, -0.25) is 10.1 Å². The summed E-state index contributed by atoms with van der Waals surface area (Å²) in [4.78, 5) is 16.8. The van der Waals surface area contributed by atoms with Gasteiger partial charge in [-0.1, -0.05) is 36.9 Å². The number of pyridine rings is 1. The van der Waals surface area contributed by atoms with E-state index in [9.17, 15) is 10.1 Å². The van der Waals surface area contributed by atoms with Crippen LogP contribution < -0.4 is 5.32 Å². The van der Waals surface area contributed by atoms with E-state index in [1.807, 2.05) is 13.0 Å². The van der Waals surface area contributed by atoms with Gasteiger partial charge in [-0.25, -0.2) is 4.98 Å². The first kappa shape index (κ1) is 17.8. The fraction of sp³-hybridized carbons (Fsp3) is 0.471. The van der Waals surface area contributed by atoms with E-state index in [-0.39, 0.29) is 11.7 Å². The second kappa shape index (κ2) is 7.93. The molecule has 2 heterocycles. The minimum atomic E-state index is -0.166. The van der Waals surface area contributed by atoms with Crippen molar-refractivity contribution in [1.82, 2.24) is 15.2 Å². The van der Waals surface area contributed by atoms with Crippen molar-refractivity contribution in [1.29, 1.82) is 5.26 Å². The molecular weight excluding hydrogens is 354 g/mol. The summed E-state index contributed by atoms with van der Waals surface area (Å²) in [6.07, 6.45) is 3.82. The maximum Gasteiger partial charge on any atom is 0.236 e. The fourth-order valence-electron chi connectivity index (χ4n) is 2.75. The number of carbonyl (C=O) groups excluding carboxylic acids is 1. The molecule has 0 aromatic carbocycles. The van der Waals surface area contributed by atoms with Gasteiger partial charge in [-0.2, -0.15) is 5.26 Å². The summed E-state index contributed by atoms with van der Waals surface area (Å²) < 4.78 is 0. The Kier molecular flexibility index (Phi) is 5.66. The van der Waals surface area contributed by atoms with Gasteiger partial charge in [-0.05, 0) is 43.2 Å². The highest BCUT2D eigenvalue weighted by molar-refractivity contribution is 8.00. The number of aryl methyl sites for hydroxylation is 2. The van der Waals surface area contributed by atoms with Crippen molar-refractivity contribution in [2.24, 2.45) is 5.92 Å². The summed E-state index contributed by atoms with van der Waals surface area (Å²) in [6.45, 7) is 4.22. The average molecular weight is 374 g/mol. The third kappa shape index (κ3) is 4.35. The molecule has 2 aromatic rings. The van der Waals surface area contributed by atoms with Crippen molar-refractivity contribution < 1.29 is 4.79 Å². The number of thioether (sulfide) groups is 1. The molecule has 8 heteroatoms. The van der Waals surface area contributed by atoms with Crippen LogP contribution in [0.25, 0.3) is 0 Å². The minimum Gasteiger partial charge on any atom is -0.300 e. The number of fused-ring (bicyclic) bond motifs is 1. The normalized spacial score (nSPS) is 16.1. The summed E-state index contributed by atoms with van der Waals surface area (Å²) in [5.41, 5.74) is 2.79. The molecule has 0 aliphatic heterocycles. The lowest BCUT2D eigenvalue weighted by Gasteiger charge is -2.21. The molecule has 2 aromatic heterocycles. The number of carbonyl (C=O) groups is 1. The van der Waals surface area contributed by atoms with E-state index < -0.39 is 0 Å². The number of rotatable bonds is 5. The summed E-state index contributed by atoms with van der Waals surface area (Å²) >= 11 is 2.67. The Morgan fingerprint density at radius 2 is 2.36 bits per heavy atom. The molecule has 130 valence electrons. The van der Waals surface area contributed by atoms with Gasteiger partial charge in [0.15, 0.2) is 0 Å². The van der Waals surface area contributed by atoms with Crippen LogP contribution in [0.1, 0.15) is 42.1 Å². The van der Waals surface area contributed by atoms with Gasteiger partial charge in [0.25, 0.3) is 0 Å². The van der Waals surface area contributed by atoms with Crippen LogP contribution in [-0.2, 0) is 24.1 Å². The monoisotopic (exact) mass is 373 g/mol. The summed E-state index contributed by atoms with van der Waals surface area (Å²) in [5, 5.41) is 22.1. The van der Waals surface area contributed by atoms with Crippen molar-refractivity contribution in [3.05, 3.63) is 27.9 Å². The number of hydrogen-bond donors (Lipinski definition) is 1. The number of nitrogens with zero attached hydrogens (tertiary/aromatic N) is 4. The number of nitrogens with one attached hydrogen (secondary N) is 1. The zero-order valence-electron chi connectivity index (χ0n) is 14.2. The molecule has 1 amide bonds. The van der Waals surface area contributed by atoms with Crippen molar-refractivity contribution in [3.63, 3.8) is 0 Å². The molecule has 0 bridgehead atoms. The molecule has 3 rings (SSSR count). The minimum absolute atomic E-state index is 0.166. The van der Waals surface area contributed by atoms with Crippen LogP contribution in [0.3, 0.4) is 0 Å². The van der Waals surface area contributed by atoms with Crippen LogP contribution in [0.4, 0.5) is 5.13 Å². The highest BCUT2D eigenvalue weighted by Crippen LogP contribution is 2.29. The number of anilines is 1. The van der Waals surface area contributed by atoms with Gasteiger partial charge >= 0.3 is 0 Å². The second-order valence-electron chi connectivity index (χ2n) is 6.10. The molecule has 1 aliphatic rings. The topological polar surface area (TPSA) is 91.6 Å². The maximum absolute atomic E-state index is 12.1. The predicted molar refractivity (Wildman–Crippen MR) is 98.8 cm³/mol. The van der Waals surface area contributed by atoms with Crippen LogP contribution in [0, 0.1) is 17.2 Å². The van der Waals surface area contributed by atoms with Crippen molar-refractivity contribution in [2.45, 2.75) is 44.6 Å². The lowest BCUT2D eigenvalue weighted by Crippen LogP contribution is -2.16. The molecule has 0 saturated carbocycles. The second-order valence-corrected chi connectivity index (χ2v) is 8.12. The van der Waals surface area contributed by atoms with E-state index in [4.69, 9.17) is 0 Å². The van der Waals surface area contributed by atoms with Gasteiger partial charge in [0.05, 0.1) is 11.3 Å². The zero-order chi connectivity index (χ0) is 17.8. The van der Waals surface area contributed by atoms with Crippen molar-refractivity contribution >= 4 is 34.1 Å². The lowest BCUT2D eigenvalue weighted by atomic mass is 9.87. The number of aromatic nitrogens is 3. The van der Waals surface area contributed by atoms with Crippen molar-refractivity contribution in [3.8, 4) is 6.07 Å². The average Bonchev–Trinajstić information content (AvgIpc) is 3.06. The molecule has 1 N–H and O–H groups in total. The quantitative estimate of drug-likeness (QED) is 0.809. The molecule has 1 atom stereocenters. The highest BCUT2D eigenvalue weighted by Gasteiger charge is 2.20. The lowest BCUT2D eigenvalue weighted by molar-refractivity contribution is -0.113. The molecular formula is C17H19N5OS2. The molecule has 0 saturated heterocycles. The molecule has 1 aliphatic carbocycles. The van der Waals surface area contributed by atoms with E-state index in [0.717, 1.165) is 36.4 Å². The predicted octanol–water partition coefficient (Wildman–Crippen LogP) is 3.22. The Labute approximate surface area is 155 Å². The van der Waals surface area contributed by atoms with E-state index in [2.05, 4.69) is 33.5 Å². The van der Waals surface area contributed by atoms with E-state index >= 15 is 0 Å². The van der Waals surface area contributed by atoms with Gasteiger partial charge in [0.2, 0.25) is 11.0 Å². The van der Waals surface area contributed by atoms with Gasteiger partial charge in [0, 0.05) is 5.69 Å². The molecule has 0 radical (unpaired) electrons. The van der Waals surface area contributed by atoms with Crippen LogP contribution in [0.5, 0.6) is 0 Å². The van der Waals surface area contributed by atoms with E-state index in [1.165, 1.54) is 28.7 Å². The standard InChI is InChI=1S/C17H19N5OS2/c1-3-15-21-22-17(25-15)20-14(23)9-24-16-12(8-18)7-11-6-10(2)4-5-13(11)19-16/h7,10H,3-6,9H2,1-2H3,(H,20,22,23). The summed E-state index contributed by atoms with van der Waals surface area (Å²) in [7, 11) is 0. The largest absolute Gasteiger partial charge is 0.300 e. The highest BCUT2D eigenvalue weighted by atomic mass is 32.2. The Bertz CT molecular complexity index is 827. The molecule has 0 fully saturated rings. The zero-order valence-corrected chi connectivity index (χ0v) is 15.8. The number of nitriles is 1. The molecule has 0 spiro atoms. The molecule has 25 heavy (non-hydrogen) atoms. The third-order valence-electron chi connectivity index (χ3n) is 4.07. The Morgan fingerprint density at radius 3 is 3.08 bits per heavy atom. The first-order valence-electron chi connectivity index (χ1n) is 8.27. The molecule has 1 unspecified atom stereocenters. The smallest absolute Gasteiger partial charge is 0.236 e. The Morgan fingerprint density at radius 1 is 1.52 bits per heavy atom. The maximum atomic E-state index is 12.1. The summed E-state index contributed by atoms with van der Waals surface area (Å²) in [6, 6.07) is 4.15. The van der Waals surface area contributed by atoms with Crippen LogP contribution in [-0.4, -0.2) is 26.8 Å². The van der Waals surface area contributed by atoms with Gasteiger partial charge < -0.3 is 0 Å². The number of amides is 1. The van der Waals surface area contributed by atoms with Gasteiger partial charge in [-0.15, -0.1) is 10.2 Å². The van der Waals surface area contributed by atoms with E-state index in [0.29, 0.717) is 21.6 Å². The Balaban J connectivity index is 1.66. The Hall–Kier alpha value is -1.98. The molecule has 6 nitrogen and oxygen atoms in total. The summed E-state index contributed by atoms with van der Waals surface area (Å²) in [5.74, 6) is 0.656. The first-order chi connectivity index (χ1) is 12.1. The third-order valence-corrected chi connectivity index (χ3v) is 6.05. The fourth-order valence-corrected chi connectivity index (χ4v) is 4.22. The first-order valence-corrected chi connectivity index (χ1v) is 10.1. The SMILES string of the molecule is CCc1nnc(NC(=O)CSc2nc3c(cc2C#N)CC(C)CC3)s1. The van der Waals surface area contributed by atoms with E-state index in [1.54, 1.807) is 0 Å². The van der Waals surface area contributed by atoms with Crippen LogP contribution >= 0.6 is 23.1 Å². The van der Waals surface area contributed by atoms with Crippen molar-refractivity contribution in [2.75, 3.05) is 11.1 Å². The van der Waals surface area contributed by atoms with Crippen LogP contribution in [0.15, 0.2) is 11.1 Å². The number of hydrogen-bond acceptors (Lipinski definition) is 7. The van der Waals surface area contributed by atoms with Gasteiger partial charge in [0.1, 0.15) is 16.1 Å².